The van der Waals surface area contributed by atoms with Crippen LogP contribution >= 0.6 is 0 Å². The first-order valence-corrected chi connectivity index (χ1v) is 5.26. The van der Waals surface area contributed by atoms with Crippen molar-refractivity contribution in [1.29, 1.82) is 5.26 Å². The maximum absolute atomic E-state index is 11.1. The summed E-state index contributed by atoms with van der Waals surface area (Å²) in [6, 6.07) is 6.43. The molecule has 1 aromatic rings. The summed E-state index contributed by atoms with van der Waals surface area (Å²) < 4.78 is 0. The van der Waals surface area contributed by atoms with Crippen LogP contribution in [0.1, 0.15) is 23.7 Å². The molecule has 3 N–H and O–H groups in total. The average Bonchev–Trinajstić information content (AvgIpc) is 2.30. The van der Waals surface area contributed by atoms with Crippen molar-refractivity contribution in [2.45, 2.75) is 19.4 Å². The number of hydrogen-bond donors (Lipinski definition) is 2. The van der Waals surface area contributed by atoms with E-state index in [2.05, 4.69) is 6.07 Å². The van der Waals surface area contributed by atoms with Crippen LogP contribution in [0.2, 0.25) is 0 Å². The molecule has 1 unspecified atom stereocenters. The molecule has 1 rings (SSSR count). The molecule has 5 heteroatoms. The van der Waals surface area contributed by atoms with Crippen molar-refractivity contribution in [3.05, 3.63) is 23.8 Å². The molecule has 0 heterocycles. The zero-order valence-corrected chi connectivity index (χ0v) is 9.84. The minimum absolute atomic E-state index is 0.112. The average molecular weight is 233 g/mol. The fourth-order valence-corrected chi connectivity index (χ4v) is 1.65. The van der Waals surface area contributed by atoms with E-state index < -0.39 is 5.97 Å². The molecule has 17 heavy (non-hydrogen) atoms. The highest BCUT2D eigenvalue weighted by molar-refractivity contribution is 5.95. The molecule has 5 nitrogen and oxygen atoms in total. The zero-order valence-electron chi connectivity index (χ0n) is 9.84. The lowest BCUT2D eigenvalue weighted by Gasteiger charge is -2.25. The normalized spacial score (nSPS) is 11.6. The quantitative estimate of drug-likeness (QED) is 0.772. The molecule has 90 valence electrons. The second kappa shape index (κ2) is 5.21. The van der Waals surface area contributed by atoms with Crippen LogP contribution in [0.4, 0.5) is 11.4 Å². The number of benzene rings is 1. The Morgan fingerprint density at radius 2 is 2.29 bits per heavy atom. The molecule has 0 radical (unpaired) electrons. The van der Waals surface area contributed by atoms with Crippen molar-refractivity contribution in [3.63, 3.8) is 0 Å². The second-order valence-corrected chi connectivity index (χ2v) is 3.75. The van der Waals surface area contributed by atoms with Gasteiger partial charge >= 0.3 is 5.97 Å². The van der Waals surface area contributed by atoms with E-state index >= 15 is 0 Å². The number of anilines is 2. The molecule has 0 aliphatic rings. The molecule has 0 aliphatic heterocycles. The van der Waals surface area contributed by atoms with E-state index in [4.69, 9.17) is 16.1 Å². The third-order valence-electron chi connectivity index (χ3n) is 2.63. The van der Waals surface area contributed by atoms with E-state index in [-0.39, 0.29) is 11.6 Å². The molecule has 0 saturated carbocycles. The van der Waals surface area contributed by atoms with Gasteiger partial charge in [-0.25, -0.2) is 4.79 Å². The third-order valence-corrected chi connectivity index (χ3v) is 2.63. The highest BCUT2D eigenvalue weighted by Gasteiger charge is 2.18. The SMILES string of the molecule is CCC(C#N)N(C)c1ccc(N)cc1C(=O)O. The van der Waals surface area contributed by atoms with Crippen molar-refractivity contribution in [1.82, 2.24) is 0 Å². The molecular formula is C12H15N3O2. The van der Waals surface area contributed by atoms with Crippen molar-refractivity contribution < 1.29 is 9.90 Å². The predicted octanol–water partition coefficient (Wildman–Crippen LogP) is 1.71. The number of nitriles is 1. The summed E-state index contributed by atoms with van der Waals surface area (Å²) in [7, 11) is 1.70. The maximum atomic E-state index is 11.1. The Bertz CT molecular complexity index is 465. The molecular weight excluding hydrogens is 218 g/mol. The van der Waals surface area contributed by atoms with E-state index in [0.717, 1.165) is 0 Å². The van der Waals surface area contributed by atoms with E-state index in [1.165, 1.54) is 6.07 Å². The second-order valence-electron chi connectivity index (χ2n) is 3.75. The lowest BCUT2D eigenvalue weighted by atomic mass is 10.1. The van der Waals surface area contributed by atoms with Crippen LogP contribution in [-0.4, -0.2) is 24.2 Å². The molecule has 1 atom stereocenters. The third kappa shape index (κ3) is 2.67. The summed E-state index contributed by atoms with van der Waals surface area (Å²) in [4.78, 5) is 12.8. The van der Waals surface area contributed by atoms with Gasteiger partial charge in [0.25, 0.3) is 0 Å². The van der Waals surface area contributed by atoms with Crippen molar-refractivity contribution in [2.24, 2.45) is 0 Å². The number of rotatable bonds is 4. The summed E-state index contributed by atoms with van der Waals surface area (Å²) in [6.07, 6.45) is 0.621. The van der Waals surface area contributed by atoms with Gasteiger partial charge in [0.15, 0.2) is 0 Å². The van der Waals surface area contributed by atoms with Crippen LogP contribution in [0.25, 0.3) is 0 Å². The van der Waals surface area contributed by atoms with Crippen molar-refractivity contribution >= 4 is 17.3 Å². The van der Waals surface area contributed by atoms with E-state index in [1.54, 1.807) is 24.1 Å². The van der Waals surface area contributed by atoms with Gasteiger partial charge in [0.1, 0.15) is 6.04 Å². The first-order chi connectivity index (χ1) is 8.01. The minimum atomic E-state index is -1.05. The Labute approximate surface area is 100 Å². The van der Waals surface area contributed by atoms with Gasteiger partial charge in [-0.2, -0.15) is 5.26 Å². The predicted molar refractivity (Wildman–Crippen MR) is 65.9 cm³/mol. The van der Waals surface area contributed by atoms with Gasteiger partial charge in [-0.1, -0.05) is 6.92 Å². The number of carboxylic acid groups (broad SMARTS) is 1. The number of nitrogens with zero attached hydrogens (tertiary/aromatic N) is 2. The molecule has 0 amide bonds. The van der Waals surface area contributed by atoms with Crippen LogP contribution in [0, 0.1) is 11.3 Å². The highest BCUT2D eigenvalue weighted by Crippen LogP contribution is 2.24. The van der Waals surface area contributed by atoms with Crippen LogP contribution < -0.4 is 10.6 Å². The summed E-state index contributed by atoms with van der Waals surface area (Å²) >= 11 is 0. The fraction of sp³-hybridized carbons (Fsp3) is 0.333. The number of carbonyl (C=O) groups is 1. The Hall–Kier alpha value is -2.22. The number of aromatic carboxylic acids is 1. The molecule has 0 saturated heterocycles. The van der Waals surface area contributed by atoms with E-state index in [9.17, 15) is 4.79 Å². The Balaban J connectivity index is 3.22. The molecule has 0 spiro atoms. The first-order valence-electron chi connectivity index (χ1n) is 5.26. The van der Waals surface area contributed by atoms with Gasteiger partial charge < -0.3 is 15.7 Å². The van der Waals surface area contributed by atoms with Crippen LogP contribution in [-0.2, 0) is 0 Å². The molecule has 0 aliphatic carbocycles. The summed E-state index contributed by atoms with van der Waals surface area (Å²) in [5, 5.41) is 18.1. The Morgan fingerprint density at radius 3 is 2.76 bits per heavy atom. The number of hydrogen-bond acceptors (Lipinski definition) is 4. The van der Waals surface area contributed by atoms with Gasteiger partial charge in [0, 0.05) is 12.7 Å². The highest BCUT2D eigenvalue weighted by atomic mass is 16.4. The maximum Gasteiger partial charge on any atom is 0.337 e. The summed E-state index contributed by atoms with van der Waals surface area (Å²) in [6.45, 7) is 1.88. The fourth-order valence-electron chi connectivity index (χ4n) is 1.65. The standard InChI is InChI=1S/C12H15N3O2/c1-3-9(7-13)15(2)11-5-4-8(14)6-10(11)12(16)17/h4-6,9H,3,14H2,1-2H3,(H,16,17). The van der Waals surface area contributed by atoms with Gasteiger partial charge in [0.2, 0.25) is 0 Å². The topological polar surface area (TPSA) is 90.4 Å². The molecule has 0 fully saturated rings. The number of carboxylic acids is 1. The van der Waals surface area contributed by atoms with Crippen molar-refractivity contribution in [3.8, 4) is 6.07 Å². The van der Waals surface area contributed by atoms with Crippen LogP contribution in [0.15, 0.2) is 18.2 Å². The van der Waals surface area contributed by atoms with E-state index in [0.29, 0.717) is 17.8 Å². The smallest absolute Gasteiger partial charge is 0.337 e. The molecule has 1 aromatic carbocycles. The largest absolute Gasteiger partial charge is 0.478 e. The van der Waals surface area contributed by atoms with Gasteiger partial charge in [-0.15, -0.1) is 0 Å². The van der Waals surface area contributed by atoms with Gasteiger partial charge in [-0.3, -0.25) is 0 Å². The lowest BCUT2D eigenvalue weighted by Crippen LogP contribution is -2.30. The van der Waals surface area contributed by atoms with Gasteiger partial charge in [0.05, 0.1) is 17.3 Å². The van der Waals surface area contributed by atoms with Crippen LogP contribution in [0.5, 0.6) is 0 Å². The van der Waals surface area contributed by atoms with E-state index in [1.807, 2.05) is 6.92 Å². The summed E-state index contributed by atoms with van der Waals surface area (Å²) in [5.41, 5.74) is 6.57. The number of nitrogen functional groups attached to an aromatic ring is 1. The lowest BCUT2D eigenvalue weighted by molar-refractivity contribution is 0.0697. The van der Waals surface area contributed by atoms with Crippen LogP contribution in [0.3, 0.4) is 0 Å². The Kier molecular flexibility index (Phi) is 3.94. The first kappa shape index (κ1) is 12.8. The number of nitrogens with two attached hydrogens (primary N) is 1. The Morgan fingerprint density at radius 1 is 1.65 bits per heavy atom. The summed E-state index contributed by atoms with van der Waals surface area (Å²) in [5.74, 6) is -1.05. The zero-order chi connectivity index (χ0) is 13.0. The minimum Gasteiger partial charge on any atom is -0.478 e. The molecule has 0 bridgehead atoms. The van der Waals surface area contributed by atoms with Gasteiger partial charge in [-0.05, 0) is 24.6 Å². The molecule has 0 aromatic heterocycles. The van der Waals surface area contributed by atoms with Crippen molar-refractivity contribution in [2.75, 3.05) is 17.7 Å². The monoisotopic (exact) mass is 233 g/mol.